The quantitative estimate of drug-likeness (QED) is 0.407. The van der Waals surface area contributed by atoms with Gasteiger partial charge in [-0.05, 0) is 54.0 Å². The van der Waals surface area contributed by atoms with E-state index in [9.17, 15) is 13.5 Å². The zero-order valence-corrected chi connectivity index (χ0v) is 20.6. The highest BCUT2D eigenvalue weighted by molar-refractivity contribution is 7.87. The highest BCUT2D eigenvalue weighted by Gasteiger charge is 2.38. The molecule has 0 spiro atoms. The van der Waals surface area contributed by atoms with Crippen LogP contribution < -0.4 is 15.2 Å². The van der Waals surface area contributed by atoms with Gasteiger partial charge in [0.1, 0.15) is 17.8 Å². The number of halogens is 1. The van der Waals surface area contributed by atoms with Crippen LogP contribution in [-0.2, 0) is 15.6 Å². The summed E-state index contributed by atoms with van der Waals surface area (Å²) in [5.41, 5.74) is 3.25. The van der Waals surface area contributed by atoms with Gasteiger partial charge in [0.15, 0.2) is 0 Å². The van der Waals surface area contributed by atoms with Crippen LogP contribution in [0.5, 0.6) is 0 Å². The first-order valence-corrected chi connectivity index (χ1v) is 13.3. The van der Waals surface area contributed by atoms with Crippen LogP contribution in [0.2, 0.25) is 5.02 Å². The summed E-state index contributed by atoms with van der Waals surface area (Å²) in [4.78, 5) is 9.06. The number of nitrogens with one attached hydrogen (secondary N) is 2. The summed E-state index contributed by atoms with van der Waals surface area (Å²) in [7, 11) is -3.79. The molecule has 4 atom stereocenters. The van der Waals surface area contributed by atoms with E-state index >= 15 is 0 Å². The van der Waals surface area contributed by atoms with Gasteiger partial charge in [-0.25, -0.2) is 19.8 Å². The first kappa shape index (κ1) is 23.5. The summed E-state index contributed by atoms with van der Waals surface area (Å²) in [5.74, 6) is 0.544. The SMILES string of the molecule is CC1(C)C[C@H](Nc2ncnc3c2ccn3[C@@H]2C[C@@H](CNS(N)(=O)=O)[C@@H](O)C2)c2ccc(Cl)cc21. The van der Waals surface area contributed by atoms with Gasteiger partial charge in [-0.2, -0.15) is 8.42 Å². The number of anilines is 1. The molecule has 1 saturated carbocycles. The minimum absolute atomic E-state index is 0.00388. The van der Waals surface area contributed by atoms with Gasteiger partial charge >= 0.3 is 0 Å². The fraction of sp³-hybridized carbons (Fsp3) is 0.478. The largest absolute Gasteiger partial charge is 0.393 e. The lowest BCUT2D eigenvalue weighted by molar-refractivity contribution is 0.133. The summed E-state index contributed by atoms with van der Waals surface area (Å²) in [6.45, 7) is 4.56. The molecule has 3 aromatic rings. The number of fused-ring (bicyclic) bond motifs is 2. The van der Waals surface area contributed by atoms with Crippen molar-refractivity contribution in [1.82, 2.24) is 19.3 Å². The van der Waals surface area contributed by atoms with Gasteiger partial charge in [0, 0.05) is 29.7 Å². The molecule has 5 N–H and O–H groups in total. The van der Waals surface area contributed by atoms with Crippen molar-refractivity contribution in [3.63, 3.8) is 0 Å². The molecule has 9 nitrogen and oxygen atoms in total. The zero-order valence-electron chi connectivity index (χ0n) is 19.1. The molecule has 34 heavy (non-hydrogen) atoms. The Morgan fingerprint density at radius 2 is 2.06 bits per heavy atom. The van der Waals surface area contributed by atoms with Crippen LogP contribution in [0.1, 0.15) is 56.3 Å². The molecule has 0 saturated heterocycles. The van der Waals surface area contributed by atoms with Crippen molar-refractivity contribution < 1.29 is 13.5 Å². The number of hydrogen-bond acceptors (Lipinski definition) is 6. The lowest BCUT2D eigenvalue weighted by Gasteiger charge is -2.20. The van der Waals surface area contributed by atoms with Gasteiger partial charge in [0.25, 0.3) is 10.2 Å². The first-order valence-electron chi connectivity index (χ1n) is 11.4. The van der Waals surface area contributed by atoms with Gasteiger partial charge < -0.3 is 15.0 Å². The molecule has 0 aliphatic heterocycles. The summed E-state index contributed by atoms with van der Waals surface area (Å²) in [6, 6.07) is 8.15. The molecule has 1 fully saturated rings. The molecule has 11 heteroatoms. The average Bonchev–Trinajstić information content (AvgIpc) is 3.41. The van der Waals surface area contributed by atoms with Gasteiger partial charge in [0.2, 0.25) is 0 Å². The molecule has 2 aliphatic carbocycles. The molecule has 182 valence electrons. The highest BCUT2D eigenvalue weighted by Crippen LogP contribution is 2.47. The monoisotopic (exact) mass is 504 g/mol. The topological polar surface area (TPSA) is 135 Å². The standard InChI is InChI=1S/C23H29ClN6O3S/c1-23(2)10-19(16-4-3-14(24)8-18(16)23)29-21-17-5-6-30(22(17)27-12-26-21)15-7-13(20(31)9-15)11-28-34(25,32)33/h3-6,8,12-13,15,19-20,28,31H,7,9-11H2,1-2H3,(H2,25,32,33)(H,26,27,29)/t13-,15+,19-,20-/m0/s1. The number of rotatable bonds is 6. The van der Waals surface area contributed by atoms with E-state index in [2.05, 4.69) is 50.6 Å². The fourth-order valence-corrected chi connectivity index (χ4v) is 6.19. The number of aliphatic hydroxyl groups is 1. The maximum atomic E-state index is 11.2. The van der Waals surface area contributed by atoms with Gasteiger partial charge in [0.05, 0.1) is 17.5 Å². The number of aromatic nitrogens is 3. The second kappa shape index (κ2) is 8.46. The number of hydrogen-bond donors (Lipinski definition) is 4. The number of nitrogens with two attached hydrogens (primary N) is 1. The van der Waals surface area contributed by atoms with Crippen molar-refractivity contribution in [2.45, 2.75) is 56.7 Å². The van der Waals surface area contributed by atoms with Crippen LogP contribution in [0.3, 0.4) is 0 Å². The van der Waals surface area contributed by atoms with E-state index in [1.165, 1.54) is 11.1 Å². The average molecular weight is 505 g/mol. The second-order valence-corrected chi connectivity index (χ2v) is 11.9. The molecule has 0 bridgehead atoms. The molecular weight excluding hydrogens is 476 g/mol. The van der Waals surface area contributed by atoms with E-state index in [0.29, 0.717) is 12.8 Å². The summed E-state index contributed by atoms with van der Waals surface area (Å²) in [6.07, 6.45) is 4.94. The van der Waals surface area contributed by atoms with Crippen molar-refractivity contribution >= 4 is 38.7 Å². The van der Waals surface area contributed by atoms with Crippen LogP contribution in [0.25, 0.3) is 11.0 Å². The van der Waals surface area contributed by atoms with Crippen molar-refractivity contribution in [1.29, 1.82) is 0 Å². The van der Waals surface area contributed by atoms with Crippen molar-refractivity contribution in [3.8, 4) is 0 Å². The predicted octanol–water partition coefficient (Wildman–Crippen LogP) is 3.02. The van der Waals surface area contributed by atoms with Crippen molar-refractivity contribution in [2.75, 3.05) is 11.9 Å². The summed E-state index contributed by atoms with van der Waals surface area (Å²) >= 11 is 6.26. The Balaban J connectivity index is 1.39. The maximum Gasteiger partial charge on any atom is 0.274 e. The van der Waals surface area contributed by atoms with E-state index in [1.807, 2.05) is 18.3 Å². The van der Waals surface area contributed by atoms with Crippen LogP contribution in [0.15, 0.2) is 36.8 Å². The minimum Gasteiger partial charge on any atom is -0.393 e. The van der Waals surface area contributed by atoms with E-state index < -0.39 is 16.3 Å². The van der Waals surface area contributed by atoms with Gasteiger partial charge in [-0.1, -0.05) is 31.5 Å². The number of nitrogens with zero attached hydrogens (tertiary/aromatic N) is 3. The lowest BCUT2D eigenvalue weighted by Crippen LogP contribution is -2.36. The van der Waals surface area contributed by atoms with Crippen LogP contribution in [0, 0.1) is 5.92 Å². The molecule has 5 rings (SSSR count). The lowest BCUT2D eigenvalue weighted by atomic mass is 9.86. The van der Waals surface area contributed by atoms with E-state index in [0.717, 1.165) is 28.3 Å². The third-order valence-corrected chi connectivity index (χ3v) is 8.03. The number of benzene rings is 1. The number of aliphatic hydroxyl groups excluding tert-OH is 1. The summed E-state index contributed by atoms with van der Waals surface area (Å²) < 4.78 is 26.8. The zero-order chi connectivity index (χ0) is 24.3. The fourth-order valence-electron chi connectivity index (χ4n) is 5.57. The highest BCUT2D eigenvalue weighted by atomic mass is 35.5. The Bertz CT molecular complexity index is 1340. The Kier molecular flexibility index (Phi) is 5.84. The third kappa shape index (κ3) is 4.40. The normalized spacial score (nSPS) is 26.1. The molecule has 2 aromatic heterocycles. The predicted molar refractivity (Wildman–Crippen MR) is 132 cm³/mol. The van der Waals surface area contributed by atoms with E-state index in [-0.39, 0.29) is 30.0 Å². The minimum atomic E-state index is -3.79. The Hall–Kier alpha value is -2.24. The first-order chi connectivity index (χ1) is 16.0. The maximum absolute atomic E-state index is 11.2. The molecule has 0 radical (unpaired) electrons. The Morgan fingerprint density at radius 1 is 1.26 bits per heavy atom. The van der Waals surface area contributed by atoms with Crippen LogP contribution in [-0.4, -0.2) is 40.7 Å². The van der Waals surface area contributed by atoms with Crippen LogP contribution >= 0.6 is 11.6 Å². The molecule has 1 aromatic carbocycles. The van der Waals surface area contributed by atoms with Crippen molar-refractivity contribution in [3.05, 3.63) is 52.9 Å². The summed E-state index contributed by atoms with van der Waals surface area (Å²) in [5, 5.41) is 20.8. The Labute approximate surface area is 203 Å². The Morgan fingerprint density at radius 3 is 2.82 bits per heavy atom. The molecule has 0 unspecified atom stereocenters. The van der Waals surface area contributed by atoms with E-state index in [4.69, 9.17) is 16.7 Å². The smallest absolute Gasteiger partial charge is 0.274 e. The molecule has 2 heterocycles. The van der Waals surface area contributed by atoms with Crippen molar-refractivity contribution in [2.24, 2.45) is 11.1 Å². The van der Waals surface area contributed by atoms with E-state index in [1.54, 1.807) is 6.33 Å². The van der Waals surface area contributed by atoms with Gasteiger partial charge in [-0.3, -0.25) is 0 Å². The second-order valence-electron chi connectivity index (χ2n) is 10.0. The third-order valence-electron chi connectivity index (χ3n) is 7.23. The molecule has 0 amide bonds. The molecule has 2 aliphatic rings. The van der Waals surface area contributed by atoms with Crippen LogP contribution in [0.4, 0.5) is 5.82 Å². The van der Waals surface area contributed by atoms with Gasteiger partial charge in [-0.15, -0.1) is 0 Å². The molecular formula is C23H29ClN6O3S.